The molecule has 0 N–H and O–H groups in total. The van der Waals surface area contributed by atoms with E-state index in [4.69, 9.17) is 11.6 Å². The number of anilines is 1. The number of piperidine rings is 1. The van der Waals surface area contributed by atoms with Gasteiger partial charge in [0, 0.05) is 13.1 Å². The van der Waals surface area contributed by atoms with Crippen LogP contribution in [0.1, 0.15) is 12.8 Å². The molecule has 1 fully saturated rings. The molecule has 0 spiro atoms. The Balaban J connectivity index is 2.01. The van der Waals surface area contributed by atoms with Crippen molar-refractivity contribution < 1.29 is 0 Å². The summed E-state index contributed by atoms with van der Waals surface area (Å²) in [4.78, 5) is 2.27. The average molecular weight is 264 g/mol. The first-order valence-electron chi connectivity index (χ1n) is 5.03. The lowest BCUT2D eigenvalue weighted by Gasteiger charge is -2.32. The first kappa shape index (κ1) is 11.5. The Morgan fingerprint density at radius 2 is 2.47 bits per heavy atom. The van der Waals surface area contributed by atoms with E-state index in [2.05, 4.69) is 19.9 Å². The molecule has 0 aromatic carbocycles. The third-order valence-corrected chi connectivity index (χ3v) is 4.33. The zero-order chi connectivity index (χ0) is 10.7. The maximum atomic E-state index is 5.99. The van der Waals surface area contributed by atoms with Crippen molar-refractivity contribution in [2.75, 3.05) is 30.0 Å². The summed E-state index contributed by atoms with van der Waals surface area (Å²) in [5, 5.41) is 0.560. The summed E-state index contributed by atoms with van der Waals surface area (Å²) in [6.45, 7) is 2.14. The Morgan fingerprint density at radius 1 is 1.60 bits per heavy atom. The molecule has 2 heterocycles. The van der Waals surface area contributed by atoms with Crippen LogP contribution in [0.25, 0.3) is 0 Å². The molecule has 2 rings (SSSR count). The molecule has 15 heavy (non-hydrogen) atoms. The number of aromatic nitrogens is 2. The molecule has 0 radical (unpaired) electrons. The standard InChI is InChI=1S/C9H14ClN3S2/c1-14-6-7-3-2-4-13(5-7)9-8(10)11-15-12-9/h7H,2-6H2,1H3. The fraction of sp³-hybridized carbons (Fsp3) is 0.778. The van der Waals surface area contributed by atoms with E-state index < -0.39 is 0 Å². The van der Waals surface area contributed by atoms with Crippen LogP contribution in [0.5, 0.6) is 0 Å². The van der Waals surface area contributed by atoms with E-state index in [1.54, 1.807) is 0 Å². The third kappa shape index (κ3) is 2.77. The Kier molecular flexibility index (Phi) is 4.11. The minimum absolute atomic E-state index is 0.560. The number of nitrogens with zero attached hydrogens (tertiary/aromatic N) is 3. The first-order chi connectivity index (χ1) is 7.31. The Bertz CT molecular complexity index is 316. The molecule has 1 unspecified atom stereocenters. The summed E-state index contributed by atoms with van der Waals surface area (Å²) in [7, 11) is 0. The number of halogens is 1. The molecule has 1 atom stereocenters. The zero-order valence-corrected chi connectivity index (χ0v) is 11.0. The average Bonchev–Trinajstić information content (AvgIpc) is 2.65. The second-order valence-corrected chi connectivity index (χ2v) is 5.59. The van der Waals surface area contributed by atoms with Gasteiger partial charge in [0.2, 0.25) is 0 Å². The lowest BCUT2D eigenvalue weighted by molar-refractivity contribution is 0.451. The highest BCUT2D eigenvalue weighted by Crippen LogP contribution is 2.28. The molecule has 0 bridgehead atoms. The molecule has 0 saturated carbocycles. The van der Waals surface area contributed by atoms with Gasteiger partial charge in [0.15, 0.2) is 11.0 Å². The summed E-state index contributed by atoms with van der Waals surface area (Å²) in [6.07, 6.45) is 4.72. The maximum Gasteiger partial charge on any atom is 0.187 e. The van der Waals surface area contributed by atoms with Crippen LogP contribution in [0, 0.1) is 5.92 Å². The lowest BCUT2D eigenvalue weighted by atomic mass is 10.0. The maximum absolute atomic E-state index is 5.99. The van der Waals surface area contributed by atoms with Crippen molar-refractivity contribution in [3.8, 4) is 0 Å². The highest BCUT2D eigenvalue weighted by Gasteiger charge is 2.23. The van der Waals surface area contributed by atoms with Gasteiger partial charge in [-0.3, -0.25) is 0 Å². The Morgan fingerprint density at radius 3 is 3.13 bits per heavy atom. The number of hydrogen-bond donors (Lipinski definition) is 0. The van der Waals surface area contributed by atoms with Gasteiger partial charge >= 0.3 is 0 Å². The summed E-state index contributed by atoms with van der Waals surface area (Å²) in [5.74, 6) is 2.88. The van der Waals surface area contributed by atoms with Gasteiger partial charge in [-0.2, -0.15) is 20.5 Å². The molecule has 3 nitrogen and oxygen atoms in total. The number of rotatable bonds is 3. The van der Waals surface area contributed by atoms with E-state index in [0.717, 1.165) is 24.8 Å². The summed E-state index contributed by atoms with van der Waals surface area (Å²) < 4.78 is 8.26. The molecule has 0 amide bonds. The zero-order valence-electron chi connectivity index (χ0n) is 8.65. The quantitative estimate of drug-likeness (QED) is 0.839. The normalized spacial score (nSPS) is 22.0. The van der Waals surface area contributed by atoms with Crippen LogP contribution in [0.2, 0.25) is 5.15 Å². The molecule has 1 saturated heterocycles. The van der Waals surface area contributed by atoms with E-state index in [0.29, 0.717) is 5.15 Å². The third-order valence-electron chi connectivity index (χ3n) is 2.65. The Hall–Kier alpha value is -0.0000000000000000555. The van der Waals surface area contributed by atoms with Crippen molar-refractivity contribution in [3.05, 3.63) is 5.15 Å². The van der Waals surface area contributed by atoms with Crippen molar-refractivity contribution in [2.24, 2.45) is 5.92 Å². The highest BCUT2D eigenvalue weighted by molar-refractivity contribution is 7.98. The molecular weight excluding hydrogens is 250 g/mol. The van der Waals surface area contributed by atoms with Gasteiger partial charge in [0.25, 0.3) is 0 Å². The van der Waals surface area contributed by atoms with Crippen LogP contribution >= 0.6 is 35.1 Å². The molecular formula is C9H14ClN3S2. The van der Waals surface area contributed by atoms with E-state index >= 15 is 0 Å². The van der Waals surface area contributed by atoms with E-state index in [1.165, 1.54) is 30.3 Å². The predicted octanol–water partition coefficient (Wildman–Crippen LogP) is 2.77. The summed E-state index contributed by atoms with van der Waals surface area (Å²) in [6, 6.07) is 0. The summed E-state index contributed by atoms with van der Waals surface area (Å²) in [5.41, 5.74) is 0. The van der Waals surface area contributed by atoms with Gasteiger partial charge in [0.1, 0.15) is 0 Å². The van der Waals surface area contributed by atoms with E-state index in [1.807, 2.05) is 11.8 Å². The second kappa shape index (κ2) is 5.37. The van der Waals surface area contributed by atoms with Gasteiger partial charge < -0.3 is 4.90 Å². The molecule has 1 aromatic rings. The molecule has 1 aliphatic heterocycles. The fourth-order valence-electron chi connectivity index (χ4n) is 1.99. The molecule has 0 aliphatic carbocycles. The smallest absolute Gasteiger partial charge is 0.187 e. The largest absolute Gasteiger partial charge is 0.353 e. The molecule has 84 valence electrons. The first-order valence-corrected chi connectivity index (χ1v) is 7.53. The number of thioether (sulfide) groups is 1. The predicted molar refractivity (Wildman–Crippen MR) is 68.2 cm³/mol. The lowest BCUT2D eigenvalue weighted by Crippen LogP contribution is -2.36. The number of hydrogen-bond acceptors (Lipinski definition) is 5. The van der Waals surface area contributed by atoms with Crippen molar-refractivity contribution in [1.29, 1.82) is 0 Å². The van der Waals surface area contributed by atoms with Crippen molar-refractivity contribution in [1.82, 2.24) is 8.75 Å². The van der Waals surface area contributed by atoms with Gasteiger partial charge in [-0.1, -0.05) is 11.6 Å². The SMILES string of the molecule is CSCC1CCCN(c2nsnc2Cl)C1. The highest BCUT2D eigenvalue weighted by atomic mass is 35.5. The van der Waals surface area contributed by atoms with Crippen LogP contribution in [0.15, 0.2) is 0 Å². The second-order valence-electron chi connectivity index (χ2n) is 3.79. The van der Waals surface area contributed by atoms with Gasteiger partial charge in [-0.05, 0) is 30.8 Å². The van der Waals surface area contributed by atoms with Gasteiger partial charge in [0.05, 0.1) is 11.7 Å². The van der Waals surface area contributed by atoms with E-state index in [-0.39, 0.29) is 0 Å². The van der Waals surface area contributed by atoms with Crippen LogP contribution in [0.3, 0.4) is 0 Å². The van der Waals surface area contributed by atoms with Crippen LogP contribution in [0.4, 0.5) is 5.82 Å². The van der Waals surface area contributed by atoms with Crippen molar-refractivity contribution in [3.63, 3.8) is 0 Å². The topological polar surface area (TPSA) is 29.0 Å². The Labute approximate surface area is 104 Å². The van der Waals surface area contributed by atoms with Crippen LogP contribution in [-0.4, -0.2) is 33.8 Å². The van der Waals surface area contributed by atoms with E-state index in [9.17, 15) is 0 Å². The summed E-state index contributed by atoms with van der Waals surface area (Å²) >= 11 is 9.10. The molecule has 6 heteroatoms. The molecule has 1 aromatic heterocycles. The van der Waals surface area contributed by atoms with Gasteiger partial charge in [-0.25, -0.2) is 0 Å². The van der Waals surface area contributed by atoms with Gasteiger partial charge in [-0.15, -0.1) is 0 Å². The minimum Gasteiger partial charge on any atom is -0.353 e. The molecule has 1 aliphatic rings. The van der Waals surface area contributed by atoms with Crippen LogP contribution in [-0.2, 0) is 0 Å². The van der Waals surface area contributed by atoms with Crippen molar-refractivity contribution >= 4 is 40.9 Å². The minimum atomic E-state index is 0.560. The fourth-order valence-corrected chi connectivity index (χ4v) is 3.51. The van der Waals surface area contributed by atoms with Crippen LogP contribution < -0.4 is 4.90 Å². The van der Waals surface area contributed by atoms with Crippen molar-refractivity contribution in [2.45, 2.75) is 12.8 Å². The monoisotopic (exact) mass is 263 g/mol.